The van der Waals surface area contributed by atoms with E-state index in [4.69, 9.17) is 5.73 Å². The highest BCUT2D eigenvalue weighted by molar-refractivity contribution is 9.10. The summed E-state index contributed by atoms with van der Waals surface area (Å²) in [5.41, 5.74) is 5.37. The van der Waals surface area contributed by atoms with Crippen molar-refractivity contribution >= 4 is 21.8 Å². The van der Waals surface area contributed by atoms with Crippen LogP contribution in [0.15, 0.2) is 17.4 Å². The second kappa shape index (κ2) is 2.17. The average molecular weight is 176 g/mol. The minimum absolute atomic E-state index is 0.00694. The molecule has 1 atom stereocenters. The highest BCUT2D eigenvalue weighted by atomic mass is 79.9. The Morgan fingerprint density at radius 1 is 1.88 bits per heavy atom. The van der Waals surface area contributed by atoms with Gasteiger partial charge in [-0.25, -0.2) is 4.99 Å². The van der Waals surface area contributed by atoms with Gasteiger partial charge in [0.2, 0.25) is 0 Å². The summed E-state index contributed by atoms with van der Waals surface area (Å²) in [6.07, 6.45) is 3.35. The maximum Gasteiger partial charge on any atom is 0.140 e. The number of halogens is 1. The van der Waals surface area contributed by atoms with Crippen molar-refractivity contribution < 1.29 is 0 Å². The van der Waals surface area contributed by atoms with Gasteiger partial charge in [-0.05, 0) is 0 Å². The summed E-state index contributed by atoms with van der Waals surface area (Å²) in [7, 11) is 0. The van der Waals surface area contributed by atoms with Crippen LogP contribution < -0.4 is 11.1 Å². The quantitative estimate of drug-likeness (QED) is 0.407. The molecule has 4 heteroatoms. The standard InChI is InChI=1S/C4H6BrN3/c5-3-4(6)8-2-1-7-3/h1-3,7H,(H2,6,8). The van der Waals surface area contributed by atoms with Crippen LogP contribution >= 0.6 is 15.9 Å². The van der Waals surface area contributed by atoms with Gasteiger partial charge in [0.05, 0.1) is 0 Å². The van der Waals surface area contributed by atoms with Crippen molar-refractivity contribution in [3.8, 4) is 0 Å². The Kier molecular flexibility index (Phi) is 1.53. The lowest BCUT2D eigenvalue weighted by molar-refractivity contribution is 0.939. The fourth-order valence-corrected chi connectivity index (χ4v) is 0.672. The molecule has 1 aliphatic rings. The molecular formula is C4H6BrN3. The Morgan fingerprint density at radius 3 is 3.00 bits per heavy atom. The highest BCUT2D eigenvalue weighted by Gasteiger charge is 2.06. The van der Waals surface area contributed by atoms with Gasteiger partial charge >= 0.3 is 0 Å². The van der Waals surface area contributed by atoms with Gasteiger partial charge in [0.25, 0.3) is 0 Å². The van der Waals surface area contributed by atoms with Crippen molar-refractivity contribution in [1.82, 2.24) is 5.32 Å². The van der Waals surface area contributed by atoms with Crippen molar-refractivity contribution in [2.24, 2.45) is 10.7 Å². The molecular weight excluding hydrogens is 170 g/mol. The van der Waals surface area contributed by atoms with Gasteiger partial charge in [0, 0.05) is 12.4 Å². The first-order valence-corrected chi connectivity index (χ1v) is 3.10. The molecule has 1 aliphatic heterocycles. The molecule has 0 aromatic heterocycles. The fraction of sp³-hybridized carbons (Fsp3) is 0.250. The molecule has 1 heterocycles. The molecule has 44 valence electrons. The molecule has 8 heavy (non-hydrogen) atoms. The fourth-order valence-electron chi connectivity index (χ4n) is 0.402. The zero-order valence-electron chi connectivity index (χ0n) is 4.13. The number of nitrogens with one attached hydrogen (secondary N) is 1. The molecule has 0 spiro atoms. The van der Waals surface area contributed by atoms with E-state index >= 15 is 0 Å². The van der Waals surface area contributed by atoms with Gasteiger partial charge in [-0.2, -0.15) is 0 Å². The van der Waals surface area contributed by atoms with E-state index in [9.17, 15) is 0 Å². The average Bonchev–Trinajstić information content (AvgIpc) is 1.77. The minimum atomic E-state index is 0.00694. The smallest absolute Gasteiger partial charge is 0.140 e. The zero-order valence-corrected chi connectivity index (χ0v) is 5.72. The summed E-state index contributed by atoms with van der Waals surface area (Å²) in [5.74, 6) is 0.563. The zero-order chi connectivity index (χ0) is 5.98. The lowest BCUT2D eigenvalue weighted by atomic mass is 10.5. The van der Waals surface area contributed by atoms with Gasteiger partial charge in [0.15, 0.2) is 0 Å². The van der Waals surface area contributed by atoms with Crippen molar-refractivity contribution in [2.75, 3.05) is 0 Å². The van der Waals surface area contributed by atoms with E-state index in [0.717, 1.165) is 0 Å². The molecule has 1 unspecified atom stereocenters. The molecule has 0 aliphatic carbocycles. The number of nitrogens with zero attached hydrogens (tertiary/aromatic N) is 1. The number of nitrogens with two attached hydrogens (primary N) is 1. The minimum Gasteiger partial charge on any atom is -0.385 e. The number of aliphatic imine (C=N–C) groups is 1. The van der Waals surface area contributed by atoms with E-state index < -0.39 is 0 Å². The van der Waals surface area contributed by atoms with E-state index in [0.29, 0.717) is 5.84 Å². The summed E-state index contributed by atoms with van der Waals surface area (Å²) in [6.45, 7) is 0. The maximum absolute atomic E-state index is 5.37. The molecule has 1 rings (SSSR count). The van der Waals surface area contributed by atoms with Gasteiger partial charge in [-0.1, -0.05) is 15.9 Å². The van der Waals surface area contributed by atoms with E-state index in [1.807, 2.05) is 0 Å². The molecule has 0 saturated heterocycles. The van der Waals surface area contributed by atoms with E-state index in [1.54, 1.807) is 12.4 Å². The second-order valence-electron chi connectivity index (χ2n) is 1.40. The molecule has 0 aromatic rings. The van der Waals surface area contributed by atoms with Crippen molar-refractivity contribution in [1.29, 1.82) is 0 Å². The van der Waals surface area contributed by atoms with E-state index in [1.165, 1.54) is 0 Å². The van der Waals surface area contributed by atoms with Crippen molar-refractivity contribution in [3.63, 3.8) is 0 Å². The van der Waals surface area contributed by atoms with Crippen molar-refractivity contribution in [2.45, 2.75) is 4.95 Å². The second-order valence-corrected chi connectivity index (χ2v) is 2.31. The Labute approximate surface area is 55.8 Å². The first kappa shape index (κ1) is 5.62. The number of hydrogen-bond acceptors (Lipinski definition) is 3. The van der Waals surface area contributed by atoms with Crippen LogP contribution in [-0.4, -0.2) is 10.8 Å². The maximum atomic E-state index is 5.37. The van der Waals surface area contributed by atoms with Crippen LogP contribution in [0.25, 0.3) is 0 Å². The van der Waals surface area contributed by atoms with Crippen LogP contribution in [0, 0.1) is 0 Å². The van der Waals surface area contributed by atoms with E-state index in [-0.39, 0.29) is 4.95 Å². The molecule has 0 saturated carbocycles. The lowest BCUT2D eigenvalue weighted by Gasteiger charge is -2.10. The SMILES string of the molecule is NC1=NC=CNC1Br. The van der Waals surface area contributed by atoms with Gasteiger partial charge in [-0.15, -0.1) is 0 Å². The summed E-state index contributed by atoms with van der Waals surface area (Å²) in [6, 6.07) is 0. The van der Waals surface area contributed by atoms with Crippen LogP contribution in [0.2, 0.25) is 0 Å². The molecule has 3 nitrogen and oxygen atoms in total. The Balaban J connectivity index is 2.66. The number of rotatable bonds is 0. The number of alkyl halides is 1. The first-order valence-electron chi connectivity index (χ1n) is 2.19. The summed E-state index contributed by atoms with van der Waals surface area (Å²) >= 11 is 3.24. The third-order valence-electron chi connectivity index (χ3n) is 0.800. The predicted octanol–water partition coefficient (Wildman–Crippen LogP) is 0.139. The molecule has 0 bridgehead atoms. The van der Waals surface area contributed by atoms with Crippen molar-refractivity contribution in [3.05, 3.63) is 12.4 Å². The van der Waals surface area contributed by atoms with Crippen LogP contribution in [-0.2, 0) is 0 Å². The normalized spacial score (nSPS) is 26.6. The Hall–Kier alpha value is -0.510. The summed E-state index contributed by atoms with van der Waals surface area (Å²) < 4.78 is 0. The Bertz CT molecular complexity index is 140. The van der Waals surface area contributed by atoms with Crippen LogP contribution in [0.4, 0.5) is 0 Å². The highest BCUT2D eigenvalue weighted by Crippen LogP contribution is 1.98. The number of amidine groups is 1. The monoisotopic (exact) mass is 175 g/mol. The summed E-state index contributed by atoms with van der Waals surface area (Å²) in [4.78, 5) is 3.82. The predicted molar refractivity (Wildman–Crippen MR) is 36.6 cm³/mol. The van der Waals surface area contributed by atoms with Gasteiger partial charge in [0.1, 0.15) is 10.8 Å². The Morgan fingerprint density at radius 2 is 2.62 bits per heavy atom. The molecule has 0 radical (unpaired) electrons. The van der Waals surface area contributed by atoms with Gasteiger partial charge < -0.3 is 11.1 Å². The first-order chi connectivity index (χ1) is 3.80. The van der Waals surface area contributed by atoms with Crippen LogP contribution in [0.1, 0.15) is 0 Å². The lowest BCUT2D eigenvalue weighted by Crippen LogP contribution is -2.35. The van der Waals surface area contributed by atoms with Gasteiger partial charge in [-0.3, -0.25) is 0 Å². The van der Waals surface area contributed by atoms with Crippen LogP contribution in [0.5, 0.6) is 0 Å². The molecule has 0 fully saturated rings. The number of hydrogen-bond donors (Lipinski definition) is 2. The molecule has 3 N–H and O–H groups in total. The third-order valence-corrected chi connectivity index (χ3v) is 1.53. The largest absolute Gasteiger partial charge is 0.385 e. The van der Waals surface area contributed by atoms with E-state index in [2.05, 4.69) is 26.2 Å². The topological polar surface area (TPSA) is 50.4 Å². The van der Waals surface area contributed by atoms with Crippen LogP contribution in [0.3, 0.4) is 0 Å². The summed E-state index contributed by atoms with van der Waals surface area (Å²) in [5, 5.41) is 2.91. The molecule has 0 amide bonds. The molecule has 0 aromatic carbocycles. The third kappa shape index (κ3) is 1.01.